The summed E-state index contributed by atoms with van der Waals surface area (Å²) in [6, 6.07) is 4.31. The number of aliphatic carboxylic acids is 1. The quantitative estimate of drug-likeness (QED) is 0.850. The van der Waals surface area contributed by atoms with E-state index in [-0.39, 0.29) is 5.92 Å². The van der Waals surface area contributed by atoms with E-state index in [1.54, 1.807) is 0 Å². The van der Waals surface area contributed by atoms with Crippen LogP contribution in [0.15, 0.2) is 12.1 Å². The third-order valence-corrected chi connectivity index (χ3v) is 3.97. The Morgan fingerprint density at radius 2 is 2.20 bits per heavy atom. The van der Waals surface area contributed by atoms with Gasteiger partial charge >= 0.3 is 5.97 Å². The second kappa shape index (κ2) is 4.33. The zero-order chi connectivity index (χ0) is 10.8. The van der Waals surface area contributed by atoms with Crippen LogP contribution < -0.4 is 0 Å². The Balaban J connectivity index is 1.82. The highest BCUT2D eigenvalue weighted by Crippen LogP contribution is 2.23. The van der Waals surface area contributed by atoms with Crippen molar-refractivity contribution in [2.75, 3.05) is 13.1 Å². The number of thiophene rings is 1. The first kappa shape index (κ1) is 10.6. The van der Waals surface area contributed by atoms with E-state index < -0.39 is 5.97 Å². The van der Waals surface area contributed by atoms with Crippen molar-refractivity contribution in [1.82, 2.24) is 4.90 Å². The molecule has 0 atom stereocenters. The van der Waals surface area contributed by atoms with E-state index in [4.69, 9.17) is 5.11 Å². The summed E-state index contributed by atoms with van der Waals surface area (Å²) >= 11 is 1.83. The molecule has 1 saturated heterocycles. The van der Waals surface area contributed by atoms with Crippen LogP contribution in [-0.2, 0) is 17.8 Å². The summed E-state index contributed by atoms with van der Waals surface area (Å²) in [5, 5.41) is 8.74. The Hall–Kier alpha value is -0.870. The van der Waals surface area contributed by atoms with Crippen molar-refractivity contribution in [3.05, 3.63) is 21.9 Å². The highest BCUT2D eigenvalue weighted by molar-refractivity contribution is 7.11. The van der Waals surface area contributed by atoms with Gasteiger partial charge in [-0.15, -0.1) is 11.3 Å². The van der Waals surface area contributed by atoms with E-state index in [0.717, 1.165) is 13.0 Å². The molecule has 4 heteroatoms. The fourth-order valence-electron chi connectivity index (χ4n) is 1.77. The number of likely N-dealkylation sites (tertiary alicyclic amines) is 1. The first-order valence-electron chi connectivity index (χ1n) is 5.21. The fraction of sp³-hybridized carbons (Fsp3) is 0.545. The molecule has 0 saturated carbocycles. The fourth-order valence-corrected chi connectivity index (χ4v) is 2.77. The second-order valence-corrected chi connectivity index (χ2v) is 5.20. The number of carbonyl (C=O) groups is 1. The Labute approximate surface area is 93.3 Å². The number of carboxylic acid groups (broad SMARTS) is 1. The van der Waals surface area contributed by atoms with Crippen LogP contribution in [-0.4, -0.2) is 29.1 Å². The summed E-state index contributed by atoms with van der Waals surface area (Å²) in [7, 11) is 0. The summed E-state index contributed by atoms with van der Waals surface area (Å²) < 4.78 is 0. The number of hydrogen-bond acceptors (Lipinski definition) is 3. The number of nitrogens with zero attached hydrogens (tertiary/aromatic N) is 1. The van der Waals surface area contributed by atoms with Crippen molar-refractivity contribution in [2.24, 2.45) is 5.92 Å². The molecule has 0 radical (unpaired) electrons. The molecule has 0 unspecified atom stereocenters. The highest BCUT2D eigenvalue weighted by atomic mass is 32.1. The van der Waals surface area contributed by atoms with Gasteiger partial charge in [0.25, 0.3) is 0 Å². The standard InChI is InChI=1S/C11H15NO2S/c1-2-9-3-4-10(15-9)7-12-5-8(6-12)11(13)14/h3-4,8H,2,5-7H2,1H3,(H,13,14). The Morgan fingerprint density at radius 3 is 2.73 bits per heavy atom. The predicted molar refractivity (Wildman–Crippen MR) is 60.1 cm³/mol. The minimum atomic E-state index is -0.660. The molecule has 1 aliphatic rings. The molecule has 0 bridgehead atoms. The van der Waals surface area contributed by atoms with Gasteiger partial charge in [-0.05, 0) is 18.6 Å². The van der Waals surface area contributed by atoms with Crippen molar-refractivity contribution in [3.63, 3.8) is 0 Å². The molecule has 1 aromatic rings. The summed E-state index contributed by atoms with van der Waals surface area (Å²) in [5.74, 6) is -0.803. The molecular weight excluding hydrogens is 210 g/mol. The maximum Gasteiger partial charge on any atom is 0.309 e. The lowest BCUT2D eigenvalue weighted by Gasteiger charge is -2.36. The molecular formula is C11H15NO2S. The largest absolute Gasteiger partial charge is 0.481 e. The lowest BCUT2D eigenvalue weighted by atomic mass is 10.0. The molecule has 1 aromatic heterocycles. The van der Waals surface area contributed by atoms with Crippen LogP contribution in [0.5, 0.6) is 0 Å². The van der Waals surface area contributed by atoms with Crippen LogP contribution in [0.4, 0.5) is 0 Å². The normalized spacial score (nSPS) is 17.7. The molecule has 1 aliphatic heterocycles. The van der Waals surface area contributed by atoms with E-state index in [0.29, 0.717) is 13.1 Å². The van der Waals surface area contributed by atoms with Crippen LogP contribution in [0, 0.1) is 5.92 Å². The molecule has 82 valence electrons. The van der Waals surface area contributed by atoms with Gasteiger partial charge in [-0.1, -0.05) is 6.92 Å². The zero-order valence-electron chi connectivity index (χ0n) is 8.77. The smallest absolute Gasteiger partial charge is 0.309 e. The van der Waals surface area contributed by atoms with Gasteiger partial charge < -0.3 is 5.11 Å². The maximum atomic E-state index is 10.6. The Kier molecular flexibility index (Phi) is 3.07. The minimum absolute atomic E-state index is 0.143. The molecule has 15 heavy (non-hydrogen) atoms. The van der Waals surface area contributed by atoms with Crippen molar-refractivity contribution >= 4 is 17.3 Å². The third kappa shape index (κ3) is 2.38. The Bertz CT molecular complexity index is 355. The van der Waals surface area contributed by atoms with Crippen LogP contribution in [0.1, 0.15) is 16.7 Å². The van der Waals surface area contributed by atoms with Crippen molar-refractivity contribution in [2.45, 2.75) is 19.9 Å². The van der Waals surface area contributed by atoms with Gasteiger partial charge in [0.1, 0.15) is 0 Å². The topological polar surface area (TPSA) is 40.5 Å². The average molecular weight is 225 g/mol. The number of rotatable bonds is 4. The monoisotopic (exact) mass is 225 g/mol. The lowest BCUT2D eigenvalue weighted by molar-refractivity contribution is -0.147. The molecule has 2 rings (SSSR count). The first-order valence-corrected chi connectivity index (χ1v) is 6.03. The zero-order valence-corrected chi connectivity index (χ0v) is 9.59. The summed E-state index contributed by atoms with van der Waals surface area (Å²) in [6.45, 7) is 4.47. The molecule has 2 heterocycles. The van der Waals surface area contributed by atoms with Gasteiger partial charge in [0.15, 0.2) is 0 Å². The predicted octanol–water partition coefficient (Wildman–Crippen LogP) is 1.83. The van der Waals surface area contributed by atoms with Crippen LogP contribution in [0.25, 0.3) is 0 Å². The van der Waals surface area contributed by atoms with Crippen molar-refractivity contribution in [1.29, 1.82) is 0 Å². The van der Waals surface area contributed by atoms with E-state index in [1.165, 1.54) is 9.75 Å². The average Bonchev–Trinajstić information content (AvgIpc) is 2.57. The summed E-state index contributed by atoms with van der Waals surface area (Å²) in [6.07, 6.45) is 1.09. The maximum absolute atomic E-state index is 10.6. The van der Waals surface area contributed by atoms with Crippen LogP contribution in [0.3, 0.4) is 0 Å². The number of carboxylic acids is 1. The van der Waals surface area contributed by atoms with Gasteiger partial charge in [0, 0.05) is 29.4 Å². The lowest BCUT2D eigenvalue weighted by Crippen LogP contribution is -2.49. The van der Waals surface area contributed by atoms with E-state index >= 15 is 0 Å². The van der Waals surface area contributed by atoms with Crippen LogP contribution >= 0.6 is 11.3 Å². The van der Waals surface area contributed by atoms with Gasteiger partial charge in [-0.3, -0.25) is 9.69 Å². The van der Waals surface area contributed by atoms with Gasteiger partial charge in [0.2, 0.25) is 0 Å². The molecule has 1 fully saturated rings. The second-order valence-electron chi connectivity index (χ2n) is 3.95. The molecule has 0 aromatic carbocycles. The van der Waals surface area contributed by atoms with E-state index in [1.807, 2.05) is 11.3 Å². The van der Waals surface area contributed by atoms with Gasteiger partial charge in [-0.2, -0.15) is 0 Å². The van der Waals surface area contributed by atoms with Crippen LogP contribution in [0.2, 0.25) is 0 Å². The SMILES string of the molecule is CCc1ccc(CN2CC(C(=O)O)C2)s1. The van der Waals surface area contributed by atoms with Gasteiger partial charge in [-0.25, -0.2) is 0 Å². The Morgan fingerprint density at radius 1 is 1.53 bits per heavy atom. The summed E-state index contributed by atoms with van der Waals surface area (Å²) in [5.41, 5.74) is 0. The van der Waals surface area contributed by atoms with Crippen molar-refractivity contribution < 1.29 is 9.90 Å². The molecule has 1 N–H and O–H groups in total. The molecule has 0 spiro atoms. The van der Waals surface area contributed by atoms with E-state index in [2.05, 4.69) is 24.0 Å². The summed E-state index contributed by atoms with van der Waals surface area (Å²) in [4.78, 5) is 15.5. The molecule has 3 nitrogen and oxygen atoms in total. The minimum Gasteiger partial charge on any atom is -0.481 e. The number of aryl methyl sites for hydroxylation is 1. The first-order chi connectivity index (χ1) is 7.19. The molecule has 0 amide bonds. The molecule has 0 aliphatic carbocycles. The van der Waals surface area contributed by atoms with Crippen molar-refractivity contribution in [3.8, 4) is 0 Å². The third-order valence-electron chi connectivity index (χ3n) is 2.75. The van der Waals surface area contributed by atoms with Gasteiger partial charge in [0.05, 0.1) is 5.92 Å². The highest BCUT2D eigenvalue weighted by Gasteiger charge is 2.32. The number of hydrogen-bond donors (Lipinski definition) is 1. The van der Waals surface area contributed by atoms with E-state index in [9.17, 15) is 4.79 Å².